The average molecular weight is 459 g/mol. The number of anilines is 1. The fourth-order valence-electron chi connectivity index (χ4n) is 2.25. The van der Waals surface area contributed by atoms with E-state index in [-0.39, 0.29) is 11.7 Å². The van der Waals surface area contributed by atoms with Crippen molar-refractivity contribution >= 4 is 57.3 Å². The summed E-state index contributed by atoms with van der Waals surface area (Å²) in [7, 11) is 1.81. The fourth-order valence-corrected chi connectivity index (χ4v) is 4.03. The first kappa shape index (κ1) is 20.8. The fraction of sp³-hybridized carbons (Fsp3) is 0.312. The molecule has 1 N–H and O–H groups in total. The number of amides is 1. The number of hydrogen-bond acceptors (Lipinski definition) is 8. The molecule has 1 amide bonds. The van der Waals surface area contributed by atoms with Gasteiger partial charge in [0.15, 0.2) is 17.1 Å². The summed E-state index contributed by atoms with van der Waals surface area (Å²) < 4.78 is 7.65. The van der Waals surface area contributed by atoms with Gasteiger partial charge in [-0.25, -0.2) is 0 Å². The molecule has 0 saturated carbocycles. The molecule has 2 heterocycles. The van der Waals surface area contributed by atoms with Crippen LogP contribution in [0, 0.1) is 6.92 Å². The molecule has 1 unspecified atom stereocenters. The first-order valence-electron chi connectivity index (χ1n) is 8.07. The Morgan fingerprint density at radius 1 is 1.32 bits per heavy atom. The number of nitrogens with zero attached hydrogens (tertiary/aromatic N) is 5. The molecule has 0 bridgehead atoms. The highest BCUT2D eigenvalue weighted by atomic mass is 35.5. The third-order valence-corrected chi connectivity index (χ3v) is 5.84. The lowest BCUT2D eigenvalue weighted by Crippen LogP contribution is -2.14. The Morgan fingerprint density at radius 3 is 2.79 bits per heavy atom. The van der Waals surface area contributed by atoms with Crippen LogP contribution < -0.4 is 10.1 Å². The normalized spacial score (nSPS) is 12.0. The molecule has 8 nitrogen and oxygen atoms in total. The number of rotatable bonds is 7. The first-order valence-corrected chi connectivity index (χ1v) is 10.6. The molecule has 0 aliphatic rings. The van der Waals surface area contributed by atoms with Crippen molar-refractivity contribution in [2.45, 2.75) is 25.1 Å². The molecule has 1 atom stereocenters. The maximum atomic E-state index is 12.1. The smallest absolute Gasteiger partial charge is 0.236 e. The Hall–Kier alpha value is -1.88. The molecule has 3 rings (SSSR count). The van der Waals surface area contributed by atoms with Gasteiger partial charge in [-0.1, -0.05) is 46.3 Å². The van der Waals surface area contributed by atoms with Gasteiger partial charge < -0.3 is 9.30 Å². The van der Waals surface area contributed by atoms with E-state index in [2.05, 4.69) is 25.7 Å². The molecule has 0 spiro atoms. The van der Waals surface area contributed by atoms with Crippen LogP contribution in [0.3, 0.4) is 0 Å². The van der Waals surface area contributed by atoms with Crippen molar-refractivity contribution in [3.8, 4) is 5.75 Å². The summed E-state index contributed by atoms with van der Waals surface area (Å²) in [6.07, 6.45) is -0.399. The Bertz CT molecular complexity index is 993. The SMILES string of the molecule is Cc1nnc(NC(=O)CSc2nnc(C(C)Oc3ccc(Cl)cc3Cl)n2C)s1. The average Bonchev–Trinajstić information content (AvgIpc) is 3.21. The summed E-state index contributed by atoms with van der Waals surface area (Å²) in [6.45, 7) is 3.66. The van der Waals surface area contributed by atoms with Gasteiger partial charge in [-0.15, -0.1) is 20.4 Å². The van der Waals surface area contributed by atoms with E-state index in [1.165, 1.54) is 23.1 Å². The second-order valence-corrected chi connectivity index (χ2v) is 8.67. The van der Waals surface area contributed by atoms with Gasteiger partial charge in [-0.3, -0.25) is 10.1 Å². The molecule has 2 aromatic heterocycles. The van der Waals surface area contributed by atoms with Crippen molar-refractivity contribution in [3.63, 3.8) is 0 Å². The van der Waals surface area contributed by atoms with Crippen LogP contribution in [0.1, 0.15) is 23.9 Å². The predicted molar refractivity (Wildman–Crippen MR) is 111 cm³/mol. The summed E-state index contributed by atoms with van der Waals surface area (Å²) in [5.41, 5.74) is 0. The molecule has 3 aromatic rings. The van der Waals surface area contributed by atoms with Gasteiger partial charge in [0.1, 0.15) is 10.8 Å². The molecule has 28 heavy (non-hydrogen) atoms. The summed E-state index contributed by atoms with van der Waals surface area (Å²) in [4.78, 5) is 12.1. The Morgan fingerprint density at radius 2 is 2.11 bits per heavy atom. The zero-order valence-electron chi connectivity index (χ0n) is 15.1. The number of carbonyl (C=O) groups excluding carboxylic acids is 1. The van der Waals surface area contributed by atoms with E-state index >= 15 is 0 Å². The summed E-state index contributed by atoms with van der Waals surface area (Å²) >= 11 is 14.6. The number of benzene rings is 1. The summed E-state index contributed by atoms with van der Waals surface area (Å²) in [6, 6.07) is 5.01. The minimum Gasteiger partial charge on any atom is -0.481 e. The minimum absolute atomic E-state index is 0.169. The number of aryl methyl sites for hydroxylation is 1. The maximum absolute atomic E-state index is 12.1. The predicted octanol–water partition coefficient (Wildman–Crippen LogP) is 4.15. The number of carbonyl (C=O) groups is 1. The Labute approximate surface area is 179 Å². The number of ether oxygens (including phenoxy) is 1. The molecule has 0 aliphatic heterocycles. The van der Waals surface area contributed by atoms with Crippen LogP contribution in [-0.2, 0) is 11.8 Å². The van der Waals surface area contributed by atoms with E-state index < -0.39 is 6.10 Å². The minimum atomic E-state index is -0.399. The van der Waals surface area contributed by atoms with Crippen LogP contribution in [0.15, 0.2) is 23.4 Å². The van der Waals surface area contributed by atoms with Crippen LogP contribution in [0.25, 0.3) is 0 Å². The van der Waals surface area contributed by atoms with Gasteiger partial charge in [0.05, 0.1) is 10.8 Å². The third kappa shape index (κ3) is 5.13. The van der Waals surface area contributed by atoms with E-state index in [0.717, 1.165) is 5.01 Å². The van der Waals surface area contributed by atoms with Crippen LogP contribution in [-0.4, -0.2) is 36.6 Å². The van der Waals surface area contributed by atoms with Crippen LogP contribution in [0.5, 0.6) is 5.75 Å². The zero-order valence-corrected chi connectivity index (χ0v) is 18.3. The number of nitrogens with one attached hydrogen (secondary N) is 1. The Balaban J connectivity index is 1.60. The third-order valence-electron chi connectivity index (χ3n) is 3.53. The molecule has 1 aromatic carbocycles. The lowest BCUT2D eigenvalue weighted by molar-refractivity contribution is -0.113. The van der Waals surface area contributed by atoms with E-state index in [9.17, 15) is 4.79 Å². The second kappa shape index (κ2) is 9.08. The topological polar surface area (TPSA) is 94.8 Å². The quantitative estimate of drug-likeness (QED) is 0.531. The largest absolute Gasteiger partial charge is 0.481 e. The molecular weight excluding hydrogens is 443 g/mol. The standard InChI is InChI=1S/C16H16Cl2N6O2S2/c1-8(26-12-5-4-10(17)6-11(12)18)14-21-23-16(24(14)3)27-7-13(25)19-15-22-20-9(2)28-15/h4-6,8H,7H2,1-3H3,(H,19,22,25). The summed E-state index contributed by atoms with van der Waals surface area (Å²) in [5.74, 6) is 1.09. The van der Waals surface area contributed by atoms with Gasteiger partial charge in [0, 0.05) is 12.1 Å². The summed E-state index contributed by atoms with van der Waals surface area (Å²) in [5, 5.41) is 21.5. The number of aromatic nitrogens is 5. The second-order valence-electron chi connectivity index (χ2n) is 5.70. The zero-order chi connectivity index (χ0) is 20.3. The van der Waals surface area contributed by atoms with Crippen LogP contribution in [0.4, 0.5) is 5.13 Å². The van der Waals surface area contributed by atoms with Crippen molar-refractivity contribution in [1.29, 1.82) is 0 Å². The van der Waals surface area contributed by atoms with Crippen LogP contribution in [0.2, 0.25) is 10.0 Å². The highest BCUT2D eigenvalue weighted by molar-refractivity contribution is 7.99. The van der Waals surface area contributed by atoms with E-state index in [1.807, 2.05) is 20.9 Å². The van der Waals surface area contributed by atoms with Crippen molar-refractivity contribution in [2.75, 3.05) is 11.1 Å². The molecule has 0 fully saturated rings. The molecule has 148 valence electrons. The molecule has 0 saturated heterocycles. The number of hydrogen-bond donors (Lipinski definition) is 1. The van der Waals surface area contributed by atoms with Crippen molar-refractivity contribution in [1.82, 2.24) is 25.0 Å². The molecule has 0 radical (unpaired) electrons. The van der Waals surface area contributed by atoms with Gasteiger partial charge in [0.25, 0.3) is 0 Å². The van der Waals surface area contributed by atoms with Gasteiger partial charge in [0.2, 0.25) is 11.0 Å². The van der Waals surface area contributed by atoms with Crippen LogP contribution >= 0.6 is 46.3 Å². The van der Waals surface area contributed by atoms with E-state index in [0.29, 0.717) is 31.9 Å². The maximum Gasteiger partial charge on any atom is 0.236 e. The van der Waals surface area contributed by atoms with Crippen molar-refractivity contribution in [3.05, 3.63) is 39.1 Å². The van der Waals surface area contributed by atoms with Gasteiger partial charge >= 0.3 is 0 Å². The number of thioether (sulfide) groups is 1. The monoisotopic (exact) mass is 458 g/mol. The van der Waals surface area contributed by atoms with Gasteiger partial charge in [-0.05, 0) is 32.0 Å². The Kier molecular flexibility index (Phi) is 6.76. The highest BCUT2D eigenvalue weighted by Gasteiger charge is 2.19. The molecule has 12 heteroatoms. The van der Waals surface area contributed by atoms with E-state index in [4.69, 9.17) is 27.9 Å². The molecular formula is C16H16Cl2N6O2S2. The van der Waals surface area contributed by atoms with Gasteiger partial charge in [-0.2, -0.15) is 0 Å². The van der Waals surface area contributed by atoms with Crippen molar-refractivity contribution in [2.24, 2.45) is 7.05 Å². The van der Waals surface area contributed by atoms with Crippen molar-refractivity contribution < 1.29 is 9.53 Å². The highest BCUT2D eigenvalue weighted by Crippen LogP contribution is 2.31. The number of halogens is 2. The van der Waals surface area contributed by atoms with E-state index in [1.54, 1.807) is 22.8 Å². The molecule has 0 aliphatic carbocycles. The lowest BCUT2D eigenvalue weighted by atomic mass is 10.3. The lowest BCUT2D eigenvalue weighted by Gasteiger charge is -2.15. The first-order chi connectivity index (χ1) is 13.3.